The van der Waals surface area contributed by atoms with Gasteiger partial charge in [-0.15, -0.1) is 6.58 Å². The molecule has 2 aromatic rings. The van der Waals surface area contributed by atoms with Crippen LogP contribution < -0.4 is 4.74 Å². The number of ether oxygens (including phenoxy) is 1. The summed E-state index contributed by atoms with van der Waals surface area (Å²) in [7, 11) is 0. The molecule has 0 unspecified atom stereocenters. The molecule has 2 aromatic carbocycles. The number of carbonyl (C=O) groups is 1. The largest absolute Gasteiger partial charge is 0.488 e. The highest BCUT2D eigenvalue weighted by atomic mass is 32.2. The molecule has 8 heteroatoms. The number of non-ortho nitro benzene ring substituents is 1. The molecule has 0 N–H and O–H groups in total. The Bertz CT molecular complexity index is 973. The summed E-state index contributed by atoms with van der Waals surface area (Å²) in [4.78, 5) is 25.0. The molecule has 0 saturated carbocycles. The molecule has 0 aromatic heterocycles. The van der Waals surface area contributed by atoms with Gasteiger partial charge in [-0.05, 0) is 17.7 Å². The van der Waals surface area contributed by atoms with E-state index in [9.17, 15) is 14.9 Å². The maximum absolute atomic E-state index is 12.5. The summed E-state index contributed by atoms with van der Waals surface area (Å²) in [5.74, 6) is 0.193. The van der Waals surface area contributed by atoms with Gasteiger partial charge < -0.3 is 4.74 Å². The number of benzene rings is 2. The van der Waals surface area contributed by atoms with Crippen LogP contribution in [0, 0.1) is 10.1 Å². The van der Waals surface area contributed by atoms with Crippen molar-refractivity contribution < 1.29 is 14.5 Å². The first-order valence-corrected chi connectivity index (χ1v) is 9.53. The van der Waals surface area contributed by atoms with Gasteiger partial charge in [0.25, 0.3) is 11.6 Å². The van der Waals surface area contributed by atoms with Crippen LogP contribution in [0.5, 0.6) is 5.75 Å². The van der Waals surface area contributed by atoms with Crippen molar-refractivity contribution in [1.29, 1.82) is 0 Å². The quantitative estimate of drug-likeness (QED) is 0.218. The molecule has 0 aliphatic carbocycles. The van der Waals surface area contributed by atoms with Gasteiger partial charge in [-0.3, -0.25) is 19.8 Å². The second-order valence-corrected chi connectivity index (χ2v) is 7.51. The summed E-state index contributed by atoms with van der Waals surface area (Å²) >= 11 is 6.38. The van der Waals surface area contributed by atoms with Gasteiger partial charge in [-0.1, -0.05) is 60.4 Å². The fraction of sp³-hybridized carbons (Fsp3) is 0.100. The van der Waals surface area contributed by atoms with E-state index in [4.69, 9.17) is 17.0 Å². The Balaban J connectivity index is 1.92. The summed E-state index contributed by atoms with van der Waals surface area (Å²) < 4.78 is 6.28. The molecule has 28 heavy (non-hydrogen) atoms. The maximum atomic E-state index is 12.5. The first kappa shape index (κ1) is 19.8. The number of hydrogen-bond acceptors (Lipinski definition) is 6. The van der Waals surface area contributed by atoms with E-state index in [0.717, 1.165) is 17.3 Å². The first-order chi connectivity index (χ1) is 13.5. The van der Waals surface area contributed by atoms with Crippen molar-refractivity contribution in [2.45, 2.75) is 6.61 Å². The van der Waals surface area contributed by atoms with Gasteiger partial charge in [0.15, 0.2) is 0 Å². The smallest absolute Gasteiger partial charge is 0.270 e. The topological polar surface area (TPSA) is 72.7 Å². The fourth-order valence-corrected chi connectivity index (χ4v) is 3.82. The normalized spacial score (nSPS) is 15.1. The summed E-state index contributed by atoms with van der Waals surface area (Å²) in [5.41, 5.74) is 1.33. The van der Waals surface area contributed by atoms with Gasteiger partial charge in [-0.2, -0.15) is 0 Å². The number of amides is 1. The predicted molar refractivity (Wildman–Crippen MR) is 114 cm³/mol. The lowest BCUT2D eigenvalue weighted by molar-refractivity contribution is -0.384. The third kappa shape index (κ3) is 4.47. The van der Waals surface area contributed by atoms with Crippen molar-refractivity contribution in [2.75, 3.05) is 6.54 Å². The van der Waals surface area contributed by atoms with Gasteiger partial charge in [0.1, 0.15) is 16.7 Å². The van der Waals surface area contributed by atoms with Crippen LogP contribution in [0.3, 0.4) is 0 Å². The average molecular weight is 412 g/mol. The number of thioether (sulfide) groups is 1. The summed E-state index contributed by atoms with van der Waals surface area (Å²) in [6.45, 7) is 4.24. The highest BCUT2D eigenvalue weighted by Crippen LogP contribution is 2.35. The standard InChI is InChI=1S/C20H16N2O4S2/c1-2-10-21-19(23)18(28-20(21)27)12-15-11-16(22(24)25)8-9-17(15)26-13-14-6-4-3-5-7-14/h2-9,11-12H,1,10,13H2. The van der Waals surface area contributed by atoms with Crippen LogP contribution in [0.25, 0.3) is 6.08 Å². The van der Waals surface area contributed by atoms with Crippen molar-refractivity contribution in [3.63, 3.8) is 0 Å². The highest BCUT2D eigenvalue weighted by Gasteiger charge is 2.31. The summed E-state index contributed by atoms with van der Waals surface area (Å²) in [6, 6.07) is 13.9. The Hall–Kier alpha value is -2.97. The van der Waals surface area contributed by atoms with E-state index in [1.807, 2.05) is 30.3 Å². The van der Waals surface area contributed by atoms with Crippen LogP contribution in [0.2, 0.25) is 0 Å². The van der Waals surface area contributed by atoms with Crippen LogP contribution >= 0.6 is 24.0 Å². The van der Waals surface area contributed by atoms with Crippen molar-refractivity contribution in [2.24, 2.45) is 0 Å². The minimum absolute atomic E-state index is 0.0834. The molecule has 0 bridgehead atoms. The Kier molecular flexibility index (Phi) is 6.23. The third-order valence-corrected chi connectivity index (χ3v) is 5.29. The van der Waals surface area contributed by atoms with E-state index in [1.165, 1.54) is 23.1 Å². The molecule has 0 spiro atoms. The van der Waals surface area contributed by atoms with Crippen LogP contribution in [-0.4, -0.2) is 26.6 Å². The van der Waals surface area contributed by atoms with Gasteiger partial charge in [-0.25, -0.2) is 0 Å². The monoisotopic (exact) mass is 412 g/mol. The Morgan fingerprint density at radius 2 is 2.00 bits per heavy atom. The summed E-state index contributed by atoms with van der Waals surface area (Å²) in [6.07, 6.45) is 3.17. The number of carbonyl (C=O) groups excluding carboxylic acids is 1. The number of rotatable bonds is 7. The minimum Gasteiger partial charge on any atom is -0.488 e. The summed E-state index contributed by atoms with van der Waals surface area (Å²) in [5, 5.41) is 11.2. The highest BCUT2D eigenvalue weighted by molar-refractivity contribution is 8.26. The molecule has 0 atom stereocenters. The van der Waals surface area contributed by atoms with Crippen LogP contribution in [0.1, 0.15) is 11.1 Å². The van der Waals surface area contributed by atoms with E-state index in [2.05, 4.69) is 6.58 Å². The molecule has 142 valence electrons. The Labute approximate surface area is 171 Å². The second-order valence-electron chi connectivity index (χ2n) is 5.83. The molecule has 0 radical (unpaired) electrons. The van der Waals surface area contributed by atoms with E-state index in [0.29, 0.717) is 33.7 Å². The lowest BCUT2D eigenvalue weighted by atomic mass is 10.1. The first-order valence-electron chi connectivity index (χ1n) is 8.31. The zero-order chi connectivity index (χ0) is 20.1. The average Bonchev–Trinajstić information content (AvgIpc) is 2.95. The number of nitrogens with zero attached hydrogens (tertiary/aromatic N) is 2. The van der Waals surface area contributed by atoms with Crippen molar-refractivity contribution in [1.82, 2.24) is 4.90 Å². The molecule has 1 amide bonds. The van der Waals surface area contributed by atoms with Crippen molar-refractivity contribution in [3.8, 4) is 5.75 Å². The molecule has 1 aliphatic rings. The van der Waals surface area contributed by atoms with Crippen LogP contribution in [0.4, 0.5) is 5.69 Å². The molecule has 6 nitrogen and oxygen atoms in total. The zero-order valence-corrected chi connectivity index (χ0v) is 16.4. The van der Waals surface area contributed by atoms with E-state index in [1.54, 1.807) is 12.2 Å². The molecular weight excluding hydrogens is 396 g/mol. The molecule has 1 heterocycles. The Morgan fingerprint density at radius 3 is 2.68 bits per heavy atom. The second kappa shape index (κ2) is 8.81. The predicted octanol–water partition coefficient (Wildman–Crippen LogP) is 4.56. The number of nitro groups is 1. The minimum atomic E-state index is -0.485. The lowest BCUT2D eigenvalue weighted by Crippen LogP contribution is -2.27. The third-order valence-electron chi connectivity index (χ3n) is 3.91. The molecular formula is C20H16N2O4S2. The van der Waals surface area contributed by atoms with Gasteiger partial charge in [0.2, 0.25) is 0 Å². The molecule has 1 saturated heterocycles. The van der Waals surface area contributed by atoms with Crippen LogP contribution in [-0.2, 0) is 11.4 Å². The molecule has 1 fully saturated rings. The van der Waals surface area contributed by atoms with Gasteiger partial charge >= 0.3 is 0 Å². The SMILES string of the molecule is C=CCN1C(=O)C(=Cc2cc([N+](=O)[O-])ccc2OCc2ccccc2)SC1=S. The lowest BCUT2D eigenvalue weighted by Gasteiger charge is -2.11. The fourth-order valence-electron chi connectivity index (χ4n) is 2.56. The maximum Gasteiger partial charge on any atom is 0.270 e. The van der Waals surface area contributed by atoms with Gasteiger partial charge in [0.05, 0.1) is 9.83 Å². The van der Waals surface area contributed by atoms with E-state index in [-0.39, 0.29) is 11.6 Å². The van der Waals surface area contributed by atoms with Gasteiger partial charge in [0, 0.05) is 24.2 Å². The van der Waals surface area contributed by atoms with E-state index < -0.39 is 4.92 Å². The number of hydrogen-bond donors (Lipinski definition) is 0. The van der Waals surface area contributed by atoms with Crippen LogP contribution in [0.15, 0.2) is 66.1 Å². The van der Waals surface area contributed by atoms with E-state index >= 15 is 0 Å². The molecule has 1 aliphatic heterocycles. The van der Waals surface area contributed by atoms with Crippen molar-refractivity contribution in [3.05, 3.63) is 87.3 Å². The number of thiocarbonyl (C=S) groups is 1. The zero-order valence-electron chi connectivity index (χ0n) is 14.7. The van der Waals surface area contributed by atoms with Crippen molar-refractivity contribution >= 4 is 46.0 Å². The molecule has 3 rings (SSSR count). The number of nitro benzene ring substituents is 1. The Morgan fingerprint density at radius 1 is 1.25 bits per heavy atom.